The molecular formula is C14H15N3O2S2. The first-order valence-electron chi connectivity index (χ1n) is 6.28. The maximum absolute atomic E-state index is 12.5. The van der Waals surface area contributed by atoms with Crippen LogP contribution in [0.4, 0.5) is 0 Å². The molecule has 1 heterocycles. The zero-order valence-electron chi connectivity index (χ0n) is 11.9. The van der Waals surface area contributed by atoms with Crippen LogP contribution in [0.1, 0.15) is 34.8 Å². The van der Waals surface area contributed by atoms with Gasteiger partial charge in [0, 0.05) is 11.1 Å². The number of hydrogen-bond donors (Lipinski definition) is 1. The van der Waals surface area contributed by atoms with E-state index in [0.29, 0.717) is 16.1 Å². The van der Waals surface area contributed by atoms with E-state index in [2.05, 4.69) is 9.71 Å². The number of aryl methyl sites for hydroxylation is 2. The first-order valence-corrected chi connectivity index (χ1v) is 8.65. The maximum Gasteiger partial charge on any atom is 0.241 e. The van der Waals surface area contributed by atoms with E-state index in [0.717, 1.165) is 5.69 Å². The zero-order chi connectivity index (χ0) is 15.6. The molecule has 2 aromatic rings. The lowest BCUT2D eigenvalue weighted by atomic mass is 10.2. The third-order valence-electron chi connectivity index (χ3n) is 2.95. The van der Waals surface area contributed by atoms with Gasteiger partial charge in [-0.3, -0.25) is 0 Å². The summed E-state index contributed by atoms with van der Waals surface area (Å²) in [7, 11) is -3.70. The van der Waals surface area contributed by atoms with Crippen molar-refractivity contribution >= 4 is 21.4 Å². The third kappa shape index (κ3) is 3.47. The smallest absolute Gasteiger partial charge is 0.241 e. The second-order valence-electron chi connectivity index (χ2n) is 4.76. The number of nitrogens with zero attached hydrogens (tertiary/aromatic N) is 2. The molecule has 0 aliphatic heterocycles. The van der Waals surface area contributed by atoms with Crippen molar-refractivity contribution < 1.29 is 8.42 Å². The Balaban J connectivity index is 2.33. The predicted octanol–water partition coefficient (Wildman–Crippen LogP) is 2.67. The Morgan fingerprint density at radius 2 is 2.10 bits per heavy atom. The van der Waals surface area contributed by atoms with Gasteiger partial charge in [-0.15, -0.1) is 11.3 Å². The summed E-state index contributed by atoms with van der Waals surface area (Å²) < 4.78 is 27.5. The summed E-state index contributed by atoms with van der Waals surface area (Å²) in [5.41, 5.74) is 1.78. The van der Waals surface area contributed by atoms with Gasteiger partial charge in [-0.05, 0) is 38.5 Å². The molecule has 0 aliphatic rings. The topological polar surface area (TPSA) is 82.9 Å². The lowest BCUT2D eigenvalue weighted by Gasteiger charge is -2.13. The van der Waals surface area contributed by atoms with Crippen molar-refractivity contribution in [2.45, 2.75) is 31.7 Å². The van der Waals surface area contributed by atoms with Crippen LogP contribution in [0.5, 0.6) is 0 Å². The van der Waals surface area contributed by atoms with Crippen molar-refractivity contribution in [3.05, 3.63) is 45.4 Å². The van der Waals surface area contributed by atoms with Crippen LogP contribution in [0.2, 0.25) is 0 Å². The number of thiazole rings is 1. The fourth-order valence-electron chi connectivity index (χ4n) is 1.88. The molecule has 0 radical (unpaired) electrons. The Bertz CT molecular complexity index is 804. The highest BCUT2D eigenvalue weighted by atomic mass is 32.2. The molecule has 0 bridgehead atoms. The molecule has 5 nitrogen and oxygen atoms in total. The summed E-state index contributed by atoms with van der Waals surface area (Å²) in [5.74, 6) is 0. The molecule has 0 saturated heterocycles. The molecule has 0 saturated carbocycles. The van der Waals surface area contributed by atoms with E-state index in [1.807, 2.05) is 18.4 Å². The summed E-state index contributed by atoms with van der Waals surface area (Å²) in [4.78, 5) is 4.41. The molecule has 110 valence electrons. The molecule has 21 heavy (non-hydrogen) atoms. The van der Waals surface area contributed by atoms with Gasteiger partial charge in [0.15, 0.2) is 0 Å². The van der Waals surface area contributed by atoms with E-state index in [1.54, 1.807) is 26.0 Å². The van der Waals surface area contributed by atoms with E-state index in [1.165, 1.54) is 17.4 Å². The van der Waals surface area contributed by atoms with Crippen LogP contribution >= 0.6 is 11.3 Å². The van der Waals surface area contributed by atoms with Crippen molar-refractivity contribution in [3.8, 4) is 6.07 Å². The van der Waals surface area contributed by atoms with Gasteiger partial charge in [0.05, 0.1) is 22.6 Å². The minimum atomic E-state index is -3.70. The van der Waals surface area contributed by atoms with Crippen molar-refractivity contribution in [3.63, 3.8) is 0 Å². The number of hydrogen-bond acceptors (Lipinski definition) is 5. The number of nitriles is 1. The molecular weight excluding hydrogens is 306 g/mol. The highest BCUT2D eigenvalue weighted by Crippen LogP contribution is 2.22. The average molecular weight is 321 g/mol. The number of sulfonamides is 1. The Hall–Kier alpha value is -1.75. The van der Waals surface area contributed by atoms with E-state index < -0.39 is 16.1 Å². The molecule has 7 heteroatoms. The minimum absolute atomic E-state index is 0.127. The van der Waals surface area contributed by atoms with Gasteiger partial charge in [0.1, 0.15) is 5.01 Å². The molecule has 0 fully saturated rings. The highest BCUT2D eigenvalue weighted by molar-refractivity contribution is 7.89. The van der Waals surface area contributed by atoms with E-state index in [4.69, 9.17) is 5.26 Å². The molecule has 1 atom stereocenters. The molecule has 1 aromatic carbocycles. The van der Waals surface area contributed by atoms with Crippen LogP contribution in [0.25, 0.3) is 0 Å². The number of rotatable bonds is 4. The van der Waals surface area contributed by atoms with Crippen LogP contribution in [0.3, 0.4) is 0 Å². The second-order valence-corrected chi connectivity index (χ2v) is 7.33. The number of nitrogens with one attached hydrogen (secondary N) is 1. The Morgan fingerprint density at radius 3 is 2.67 bits per heavy atom. The lowest BCUT2D eigenvalue weighted by molar-refractivity contribution is 0.565. The van der Waals surface area contributed by atoms with Gasteiger partial charge in [-0.1, -0.05) is 6.07 Å². The monoisotopic (exact) mass is 321 g/mol. The van der Waals surface area contributed by atoms with Gasteiger partial charge in [0.2, 0.25) is 10.0 Å². The molecule has 2 rings (SSSR count). The lowest BCUT2D eigenvalue weighted by Crippen LogP contribution is -2.27. The summed E-state index contributed by atoms with van der Waals surface area (Å²) in [5, 5.41) is 11.5. The van der Waals surface area contributed by atoms with Crippen LogP contribution in [-0.4, -0.2) is 13.4 Å². The van der Waals surface area contributed by atoms with Crippen LogP contribution in [-0.2, 0) is 10.0 Å². The SMILES string of the molecule is Cc1csc(C(C)NS(=O)(=O)c2cc(C#N)ccc2C)n1. The van der Waals surface area contributed by atoms with Crippen molar-refractivity contribution in [2.24, 2.45) is 0 Å². The summed E-state index contributed by atoms with van der Waals surface area (Å²) in [6, 6.07) is 6.15. The van der Waals surface area contributed by atoms with Gasteiger partial charge >= 0.3 is 0 Å². The Kier molecular flexibility index (Phi) is 4.42. The zero-order valence-corrected chi connectivity index (χ0v) is 13.5. The van der Waals surface area contributed by atoms with E-state index in [-0.39, 0.29) is 4.90 Å². The Morgan fingerprint density at radius 1 is 1.38 bits per heavy atom. The minimum Gasteiger partial charge on any atom is -0.245 e. The van der Waals surface area contributed by atoms with Crippen LogP contribution in [0, 0.1) is 25.2 Å². The van der Waals surface area contributed by atoms with Crippen molar-refractivity contribution in [1.29, 1.82) is 5.26 Å². The van der Waals surface area contributed by atoms with Crippen molar-refractivity contribution in [1.82, 2.24) is 9.71 Å². The molecule has 0 aliphatic carbocycles. The molecule has 1 aromatic heterocycles. The van der Waals surface area contributed by atoms with Gasteiger partial charge in [-0.25, -0.2) is 18.1 Å². The number of benzene rings is 1. The first kappa shape index (κ1) is 15.6. The van der Waals surface area contributed by atoms with E-state index in [9.17, 15) is 8.42 Å². The molecule has 0 spiro atoms. The average Bonchev–Trinajstić information content (AvgIpc) is 2.85. The largest absolute Gasteiger partial charge is 0.245 e. The molecule has 1 unspecified atom stereocenters. The van der Waals surface area contributed by atoms with E-state index >= 15 is 0 Å². The fourth-order valence-corrected chi connectivity index (χ4v) is 4.23. The predicted molar refractivity (Wildman–Crippen MR) is 81.5 cm³/mol. The molecule has 1 N–H and O–H groups in total. The van der Waals surface area contributed by atoms with Gasteiger partial charge < -0.3 is 0 Å². The van der Waals surface area contributed by atoms with Crippen LogP contribution < -0.4 is 4.72 Å². The van der Waals surface area contributed by atoms with Gasteiger partial charge in [-0.2, -0.15) is 5.26 Å². The van der Waals surface area contributed by atoms with Gasteiger partial charge in [0.25, 0.3) is 0 Å². The highest BCUT2D eigenvalue weighted by Gasteiger charge is 2.22. The van der Waals surface area contributed by atoms with Crippen molar-refractivity contribution in [2.75, 3.05) is 0 Å². The normalized spacial score (nSPS) is 12.9. The fraction of sp³-hybridized carbons (Fsp3) is 0.286. The summed E-state index contributed by atoms with van der Waals surface area (Å²) in [6.45, 7) is 5.31. The maximum atomic E-state index is 12.5. The van der Waals surface area contributed by atoms with Crippen LogP contribution in [0.15, 0.2) is 28.5 Å². The second kappa shape index (κ2) is 5.93. The summed E-state index contributed by atoms with van der Waals surface area (Å²) in [6.07, 6.45) is 0. The molecule has 0 amide bonds. The quantitative estimate of drug-likeness (QED) is 0.938. The first-order chi connectivity index (χ1) is 9.83. The Labute approximate surface area is 128 Å². The third-order valence-corrected chi connectivity index (χ3v) is 5.77. The summed E-state index contributed by atoms with van der Waals surface area (Å²) >= 11 is 1.41. The standard InChI is InChI=1S/C14H15N3O2S2/c1-9-4-5-12(7-15)6-13(9)21(18,19)17-11(3)14-16-10(2)8-20-14/h4-6,8,11,17H,1-3H3. The number of aromatic nitrogens is 1.